The van der Waals surface area contributed by atoms with Crippen molar-refractivity contribution < 1.29 is 12.8 Å². The molecule has 0 spiro atoms. The standard InChI is InChI=1S/C13H16BrFN2O2S/c14-10-1-4-13(12(15)9-10)20(18,19)17-7-5-16(6-8-17)11-2-3-11/h1,4,9,11H,2-3,5-8H2. The smallest absolute Gasteiger partial charge is 0.246 e. The van der Waals surface area contributed by atoms with E-state index in [9.17, 15) is 12.8 Å². The number of rotatable bonds is 3. The molecule has 0 unspecified atom stereocenters. The number of sulfonamides is 1. The summed E-state index contributed by atoms with van der Waals surface area (Å²) in [6, 6.07) is 4.70. The molecule has 4 nitrogen and oxygen atoms in total. The van der Waals surface area contributed by atoms with Crippen molar-refractivity contribution in [2.75, 3.05) is 26.2 Å². The number of piperazine rings is 1. The highest BCUT2D eigenvalue weighted by atomic mass is 79.9. The van der Waals surface area contributed by atoms with Crippen LogP contribution in [0.15, 0.2) is 27.6 Å². The van der Waals surface area contributed by atoms with E-state index >= 15 is 0 Å². The lowest BCUT2D eigenvalue weighted by Gasteiger charge is -2.34. The zero-order valence-electron chi connectivity index (χ0n) is 10.9. The first-order valence-electron chi connectivity index (χ1n) is 6.68. The van der Waals surface area contributed by atoms with Gasteiger partial charge in [0, 0.05) is 36.7 Å². The van der Waals surface area contributed by atoms with Crippen molar-refractivity contribution in [1.82, 2.24) is 9.21 Å². The van der Waals surface area contributed by atoms with Crippen molar-refractivity contribution in [3.63, 3.8) is 0 Å². The Morgan fingerprint density at radius 2 is 1.80 bits per heavy atom. The van der Waals surface area contributed by atoms with E-state index in [0.717, 1.165) is 13.1 Å². The molecule has 20 heavy (non-hydrogen) atoms. The van der Waals surface area contributed by atoms with Gasteiger partial charge < -0.3 is 0 Å². The molecule has 0 bridgehead atoms. The number of nitrogens with zero attached hydrogens (tertiary/aromatic N) is 2. The molecular formula is C13H16BrFN2O2S. The van der Waals surface area contributed by atoms with Gasteiger partial charge in [0.1, 0.15) is 10.7 Å². The van der Waals surface area contributed by atoms with E-state index in [4.69, 9.17) is 0 Å². The second kappa shape index (κ2) is 5.36. The second-order valence-corrected chi connectivity index (χ2v) is 8.07. The number of halogens is 2. The maximum Gasteiger partial charge on any atom is 0.246 e. The minimum Gasteiger partial charge on any atom is -0.298 e. The third kappa shape index (κ3) is 2.77. The van der Waals surface area contributed by atoms with Gasteiger partial charge in [0.05, 0.1) is 0 Å². The van der Waals surface area contributed by atoms with E-state index in [1.54, 1.807) is 6.07 Å². The summed E-state index contributed by atoms with van der Waals surface area (Å²) in [7, 11) is -3.73. The summed E-state index contributed by atoms with van der Waals surface area (Å²) >= 11 is 3.13. The molecule has 0 aromatic heterocycles. The van der Waals surface area contributed by atoms with E-state index in [1.807, 2.05) is 0 Å². The molecule has 1 aromatic carbocycles. The van der Waals surface area contributed by atoms with Gasteiger partial charge >= 0.3 is 0 Å². The molecule has 0 N–H and O–H groups in total. The zero-order chi connectivity index (χ0) is 14.3. The van der Waals surface area contributed by atoms with E-state index in [2.05, 4.69) is 20.8 Å². The molecule has 3 rings (SSSR count). The molecule has 0 radical (unpaired) electrons. The lowest BCUT2D eigenvalue weighted by atomic mass is 10.3. The minimum absolute atomic E-state index is 0.236. The number of hydrogen-bond donors (Lipinski definition) is 0. The maximum absolute atomic E-state index is 13.9. The van der Waals surface area contributed by atoms with Gasteiger partial charge in [0.25, 0.3) is 0 Å². The van der Waals surface area contributed by atoms with Crippen LogP contribution in [0.3, 0.4) is 0 Å². The molecule has 1 heterocycles. The Kier molecular flexibility index (Phi) is 3.87. The predicted octanol–water partition coefficient (Wildman–Crippen LogP) is 2.06. The Labute approximate surface area is 126 Å². The van der Waals surface area contributed by atoms with Gasteiger partial charge in [0.15, 0.2) is 0 Å². The molecule has 0 atom stereocenters. The van der Waals surface area contributed by atoms with Crippen molar-refractivity contribution >= 4 is 26.0 Å². The number of hydrogen-bond acceptors (Lipinski definition) is 3. The average Bonchev–Trinajstić information content (AvgIpc) is 3.22. The summed E-state index contributed by atoms with van der Waals surface area (Å²) < 4.78 is 40.7. The van der Waals surface area contributed by atoms with Crippen LogP contribution in [0.25, 0.3) is 0 Å². The van der Waals surface area contributed by atoms with E-state index in [0.29, 0.717) is 23.6 Å². The molecule has 0 amide bonds. The van der Waals surface area contributed by atoms with Gasteiger partial charge in [-0.3, -0.25) is 4.90 Å². The van der Waals surface area contributed by atoms with Crippen molar-refractivity contribution in [3.05, 3.63) is 28.5 Å². The maximum atomic E-state index is 13.9. The Balaban J connectivity index is 1.78. The average molecular weight is 363 g/mol. The highest BCUT2D eigenvalue weighted by molar-refractivity contribution is 9.10. The summed E-state index contributed by atoms with van der Waals surface area (Å²) in [6.45, 7) is 2.35. The minimum atomic E-state index is -3.73. The van der Waals surface area contributed by atoms with Crippen LogP contribution < -0.4 is 0 Å². The molecule has 1 saturated carbocycles. The molecule has 2 fully saturated rings. The van der Waals surface area contributed by atoms with Crippen LogP contribution in [0.2, 0.25) is 0 Å². The summed E-state index contributed by atoms with van der Waals surface area (Å²) in [5, 5.41) is 0. The predicted molar refractivity (Wildman–Crippen MR) is 77.5 cm³/mol. The Hall–Kier alpha value is -0.500. The van der Waals surface area contributed by atoms with Crippen LogP contribution in [0.1, 0.15) is 12.8 Å². The molecule has 2 aliphatic rings. The summed E-state index contributed by atoms with van der Waals surface area (Å²) in [5.41, 5.74) is 0. The first-order chi connectivity index (χ1) is 9.48. The summed E-state index contributed by atoms with van der Waals surface area (Å²) in [5.74, 6) is -0.705. The SMILES string of the molecule is O=S(=O)(c1ccc(Br)cc1F)N1CCN(C2CC2)CC1. The van der Waals surface area contributed by atoms with Crippen molar-refractivity contribution in [2.24, 2.45) is 0 Å². The Morgan fingerprint density at radius 3 is 2.35 bits per heavy atom. The normalized spacial score (nSPS) is 22.1. The van der Waals surface area contributed by atoms with Gasteiger partial charge in [-0.1, -0.05) is 15.9 Å². The van der Waals surface area contributed by atoms with Crippen LogP contribution in [0.4, 0.5) is 4.39 Å². The quantitative estimate of drug-likeness (QED) is 0.826. The zero-order valence-corrected chi connectivity index (χ0v) is 13.3. The molecule has 1 aliphatic carbocycles. The molecular weight excluding hydrogens is 347 g/mol. The lowest BCUT2D eigenvalue weighted by molar-refractivity contribution is 0.180. The van der Waals surface area contributed by atoms with Crippen molar-refractivity contribution in [2.45, 2.75) is 23.8 Å². The molecule has 1 aromatic rings. The van der Waals surface area contributed by atoms with Crippen molar-refractivity contribution in [3.8, 4) is 0 Å². The topological polar surface area (TPSA) is 40.6 Å². The first kappa shape index (κ1) is 14.4. The fraction of sp³-hybridized carbons (Fsp3) is 0.538. The monoisotopic (exact) mass is 362 g/mol. The third-order valence-electron chi connectivity index (χ3n) is 3.85. The molecule has 7 heteroatoms. The highest BCUT2D eigenvalue weighted by Gasteiger charge is 2.35. The largest absolute Gasteiger partial charge is 0.298 e. The van der Waals surface area contributed by atoms with Crippen LogP contribution in [-0.2, 0) is 10.0 Å². The summed E-state index contributed by atoms with van der Waals surface area (Å²) in [4.78, 5) is 2.09. The van der Waals surface area contributed by atoms with Crippen LogP contribution in [0, 0.1) is 5.82 Å². The first-order valence-corrected chi connectivity index (χ1v) is 8.91. The van der Waals surface area contributed by atoms with Gasteiger partial charge in [-0.05, 0) is 31.0 Å². The fourth-order valence-electron chi connectivity index (χ4n) is 2.57. The second-order valence-electron chi connectivity index (χ2n) is 5.25. The summed E-state index contributed by atoms with van der Waals surface area (Å²) in [6.07, 6.45) is 2.43. The van der Waals surface area contributed by atoms with Crippen LogP contribution in [-0.4, -0.2) is 49.8 Å². The van der Waals surface area contributed by atoms with Gasteiger partial charge in [0.2, 0.25) is 10.0 Å². The van der Waals surface area contributed by atoms with E-state index in [-0.39, 0.29) is 4.90 Å². The highest BCUT2D eigenvalue weighted by Crippen LogP contribution is 2.29. The van der Waals surface area contributed by atoms with Crippen LogP contribution >= 0.6 is 15.9 Å². The molecule has 110 valence electrons. The Morgan fingerprint density at radius 1 is 1.15 bits per heavy atom. The fourth-order valence-corrected chi connectivity index (χ4v) is 4.37. The van der Waals surface area contributed by atoms with Crippen LogP contribution in [0.5, 0.6) is 0 Å². The van der Waals surface area contributed by atoms with Crippen molar-refractivity contribution in [1.29, 1.82) is 0 Å². The molecule has 1 saturated heterocycles. The van der Waals surface area contributed by atoms with Gasteiger partial charge in [-0.25, -0.2) is 12.8 Å². The Bertz CT molecular complexity index is 611. The van der Waals surface area contributed by atoms with E-state index < -0.39 is 15.8 Å². The van der Waals surface area contributed by atoms with E-state index in [1.165, 1.54) is 29.3 Å². The molecule has 1 aliphatic heterocycles. The van der Waals surface area contributed by atoms with Gasteiger partial charge in [-0.15, -0.1) is 0 Å². The lowest BCUT2D eigenvalue weighted by Crippen LogP contribution is -2.49. The third-order valence-corrected chi connectivity index (χ3v) is 6.27. The van der Waals surface area contributed by atoms with Gasteiger partial charge in [-0.2, -0.15) is 4.31 Å². The number of benzene rings is 1.